The monoisotopic (exact) mass is 1710 g/mol. The van der Waals surface area contributed by atoms with Crippen LogP contribution in [-0.4, -0.2) is 216 Å². The normalized spacial score (nSPS) is 17.6. The molecule has 0 saturated carbocycles. The van der Waals surface area contributed by atoms with Crippen molar-refractivity contribution in [1.82, 2.24) is 45.3 Å². The number of nitrogens with one attached hydrogen (secondary N) is 3. The minimum atomic E-state index is -0.0295. The van der Waals surface area contributed by atoms with E-state index in [9.17, 15) is 14.4 Å². The summed E-state index contributed by atoms with van der Waals surface area (Å²) in [6.45, 7) is 38.7. The minimum Gasteiger partial charge on any atom is -0.465 e. The largest absolute Gasteiger partial charge is 0.465 e. The van der Waals surface area contributed by atoms with E-state index in [4.69, 9.17) is 14.2 Å². The van der Waals surface area contributed by atoms with E-state index in [2.05, 4.69) is 339 Å². The van der Waals surface area contributed by atoms with Gasteiger partial charge in [-0.05, 0) is 219 Å². The standard InChI is InChI=1S/3C18H15S.C16H31N3O2.2C15H29N3O2.2C2H6/c3*1-4-10-16(11-5-1)19(17-12-6-2-7-13-17)18-14-8-3-9-15-18;1-2-17-8-4-3-5-9-18-10-12-19(13-11-18)15-7-6-14-21-16(15)20;1-2-16-8-4-3-5-9-17-10-12-18(13-11-17)14-6-7-15(19)20-14;1-2-16-7-4-3-5-8-17-9-11-18(12-10-17)14-6-13-20-15(14)19;2*1-2/h3*1-15H;15,17H,2-14H2,1H3;2*14,16H,2-13H2,1H3;2*1-2H3/q3*+1;;;;;. The van der Waals surface area contributed by atoms with Gasteiger partial charge in [0.2, 0.25) is 0 Å². The molecule has 6 saturated heterocycles. The molecule has 122 heavy (non-hydrogen) atoms. The number of rotatable bonds is 33. The zero-order valence-electron chi connectivity index (χ0n) is 74.7. The van der Waals surface area contributed by atoms with Gasteiger partial charge in [0, 0.05) is 91.4 Å². The maximum atomic E-state index is 11.8. The Labute approximate surface area is 743 Å². The van der Waals surface area contributed by atoms with Crippen molar-refractivity contribution in [2.24, 2.45) is 0 Å². The molecule has 9 aromatic rings. The minimum absolute atomic E-state index is 0.00174. The SMILES string of the molecule is CC.CC.CCNCCCCCN1CCN(C2CCC(=O)O2)CC1.CCNCCCCCN1CCN(C2CCCOC2=O)CC1.CCNCCCCCN1CCN(C2CCOC2=O)CC1.c1ccc([S+](c2ccccc2)c2ccccc2)cc1.c1ccc([S+](c2ccccc2)c2ccccc2)cc1.c1ccc([S+](c2ccccc2)c2ccccc2)cc1. The van der Waals surface area contributed by atoms with Crippen LogP contribution in [0.4, 0.5) is 0 Å². The number of piperazine rings is 3. The molecule has 0 amide bonds. The molecule has 3 atom stereocenters. The molecular weight excluding hydrogens is 1570 g/mol. The lowest BCUT2D eigenvalue weighted by Crippen LogP contribution is -2.54. The lowest BCUT2D eigenvalue weighted by Gasteiger charge is -2.39. The average molecular weight is 1710 g/mol. The maximum Gasteiger partial charge on any atom is 0.323 e. The highest BCUT2D eigenvalue weighted by molar-refractivity contribution is 7.97. The van der Waals surface area contributed by atoms with Crippen LogP contribution in [0, 0.1) is 0 Å². The lowest BCUT2D eigenvalue weighted by atomic mass is 10.1. The van der Waals surface area contributed by atoms with E-state index in [1.165, 1.54) is 121 Å². The Balaban J connectivity index is 0.000000180. The Morgan fingerprint density at radius 3 is 0.770 bits per heavy atom. The molecular formula is C104H146N9O6S3+3. The quantitative estimate of drug-likeness (QED) is 0.0156. The van der Waals surface area contributed by atoms with E-state index in [1.54, 1.807) is 0 Å². The summed E-state index contributed by atoms with van der Waals surface area (Å²) in [4.78, 5) is 61.3. The summed E-state index contributed by atoms with van der Waals surface area (Å²) in [7, 11) is -0.0439. The fourth-order valence-electron chi connectivity index (χ4n) is 15.5. The zero-order chi connectivity index (χ0) is 86.1. The highest BCUT2D eigenvalue weighted by atomic mass is 32.2. The maximum absolute atomic E-state index is 11.8. The highest BCUT2D eigenvalue weighted by Crippen LogP contribution is 2.34. The van der Waals surface area contributed by atoms with E-state index >= 15 is 0 Å². The van der Waals surface area contributed by atoms with Crippen LogP contribution in [0.5, 0.6) is 0 Å². The second kappa shape index (κ2) is 61.4. The topological polar surface area (TPSA) is 134 Å². The lowest BCUT2D eigenvalue weighted by molar-refractivity contribution is -0.155. The summed E-state index contributed by atoms with van der Waals surface area (Å²) in [6.07, 6.45) is 16.0. The third-order valence-electron chi connectivity index (χ3n) is 22.0. The molecule has 0 aromatic heterocycles. The van der Waals surface area contributed by atoms with Gasteiger partial charge in [-0.25, -0.2) is 0 Å². The molecule has 6 fully saturated rings. The summed E-state index contributed by atoms with van der Waals surface area (Å²) in [5.41, 5.74) is 0. The first-order chi connectivity index (χ1) is 60.3. The van der Waals surface area contributed by atoms with E-state index in [0.717, 1.165) is 143 Å². The molecule has 6 aliphatic rings. The first-order valence-electron chi connectivity index (χ1n) is 46.0. The number of hydrogen-bond donors (Lipinski definition) is 3. The fourth-order valence-corrected chi connectivity index (χ4v) is 21.8. The van der Waals surface area contributed by atoms with Crippen LogP contribution in [0.3, 0.4) is 0 Å². The summed E-state index contributed by atoms with van der Waals surface area (Å²) in [6, 6.07) is 96.5. The van der Waals surface area contributed by atoms with Gasteiger partial charge in [0.05, 0.1) is 52.3 Å². The molecule has 6 heterocycles. The van der Waals surface area contributed by atoms with Crippen LogP contribution < -0.4 is 16.0 Å². The van der Waals surface area contributed by atoms with Crippen molar-refractivity contribution < 1.29 is 28.6 Å². The van der Waals surface area contributed by atoms with Crippen molar-refractivity contribution in [2.45, 2.75) is 201 Å². The van der Waals surface area contributed by atoms with Crippen LogP contribution in [0.15, 0.2) is 317 Å². The Morgan fingerprint density at radius 1 is 0.295 bits per heavy atom. The molecule has 15 rings (SSSR count). The first-order valence-corrected chi connectivity index (χ1v) is 49.7. The van der Waals surface area contributed by atoms with Crippen molar-refractivity contribution in [1.29, 1.82) is 0 Å². The smallest absolute Gasteiger partial charge is 0.323 e. The number of carbonyl (C=O) groups is 3. The van der Waals surface area contributed by atoms with Crippen molar-refractivity contribution in [3.8, 4) is 0 Å². The number of carbonyl (C=O) groups excluding carboxylic acids is 3. The molecule has 9 aromatic carbocycles. The molecule has 15 nitrogen and oxygen atoms in total. The van der Waals surface area contributed by atoms with Gasteiger partial charge in [-0.3, -0.25) is 29.1 Å². The van der Waals surface area contributed by atoms with Gasteiger partial charge in [0.25, 0.3) is 0 Å². The summed E-state index contributed by atoms with van der Waals surface area (Å²) >= 11 is 0. The van der Waals surface area contributed by atoms with Crippen LogP contribution in [0.25, 0.3) is 0 Å². The molecule has 3 N–H and O–H groups in total. The highest BCUT2D eigenvalue weighted by Gasteiger charge is 2.37. The van der Waals surface area contributed by atoms with Crippen LogP contribution in [0.1, 0.15) is 138 Å². The van der Waals surface area contributed by atoms with Gasteiger partial charge in [0.15, 0.2) is 50.3 Å². The predicted octanol–water partition coefficient (Wildman–Crippen LogP) is 19.2. The number of benzene rings is 9. The summed E-state index contributed by atoms with van der Waals surface area (Å²) in [5, 5.41) is 10.1. The van der Waals surface area contributed by atoms with Gasteiger partial charge in [-0.2, -0.15) is 0 Å². The molecule has 0 spiro atoms. The Bertz CT molecular complexity index is 3520. The van der Waals surface area contributed by atoms with Crippen molar-refractivity contribution in [2.75, 3.05) is 151 Å². The third kappa shape index (κ3) is 36.0. The fraction of sp³-hybridized carbons (Fsp3) is 0.452. The van der Waals surface area contributed by atoms with E-state index in [1.807, 2.05) is 27.7 Å². The van der Waals surface area contributed by atoms with Crippen molar-refractivity contribution in [3.63, 3.8) is 0 Å². The predicted molar refractivity (Wildman–Crippen MR) is 511 cm³/mol. The number of esters is 3. The summed E-state index contributed by atoms with van der Waals surface area (Å²) in [5.74, 6) is -0.0434. The average Bonchev–Trinajstić information content (AvgIpc) is 1.47. The number of unbranched alkanes of at least 4 members (excludes halogenated alkanes) is 6. The van der Waals surface area contributed by atoms with Gasteiger partial charge in [0.1, 0.15) is 12.1 Å². The van der Waals surface area contributed by atoms with E-state index in [-0.39, 0.29) is 68.9 Å². The van der Waals surface area contributed by atoms with E-state index in [0.29, 0.717) is 19.6 Å². The summed E-state index contributed by atoms with van der Waals surface area (Å²) < 4.78 is 15.6. The number of hydrogen-bond acceptors (Lipinski definition) is 15. The third-order valence-corrected chi connectivity index (χ3v) is 28.7. The Hall–Kier alpha value is -7.92. The van der Waals surface area contributed by atoms with Gasteiger partial charge in [-0.15, -0.1) is 0 Å². The Morgan fingerprint density at radius 2 is 0.541 bits per heavy atom. The molecule has 18 heteroatoms. The number of cyclic esters (lactones) is 3. The van der Waals surface area contributed by atoms with Crippen LogP contribution in [0.2, 0.25) is 0 Å². The zero-order valence-corrected chi connectivity index (χ0v) is 77.2. The van der Waals surface area contributed by atoms with Crippen LogP contribution in [-0.2, 0) is 61.3 Å². The van der Waals surface area contributed by atoms with Crippen LogP contribution >= 0.6 is 0 Å². The Kier molecular flexibility index (Phi) is 50.1. The second-order valence-electron chi connectivity index (χ2n) is 30.4. The van der Waals surface area contributed by atoms with Gasteiger partial charge in [-0.1, -0.05) is 232 Å². The molecule has 6 aliphatic heterocycles. The van der Waals surface area contributed by atoms with Crippen molar-refractivity contribution >= 4 is 50.6 Å². The van der Waals surface area contributed by atoms with Gasteiger partial charge < -0.3 is 44.9 Å². The molecule has 0 bridgehead atoms. The van der Waals surface area contributed by atoms with E-state index < -0.39 is 0 Å². The first kappa shape index (κ1) is 99.5. The molecule has 0 aliphatic carbocycles. The number of nitrogens with zero attached hydrogens (tertiary/aromatic N) is 6. The second-order valence-corrected chi connectivity index (χ2v) is 36.5. The number of ether oxygens (including phenoxy) is 3. The molecule has 658 valence electrons. The van der Waals surface area contributed by atoms with Gasteiger partial charge >= 0.3 is 17.9 Å². The molecule has 0 radical (unpaired) electrons. The van der Waals surface area contributed by atoms with Crippen molar-refractivity contribution in [3.05, 3.63) is 273 Å². The molecule has 3 unspecified atom stereocenters.